The van der Waals surface area contributed by atoms with Crippen molar-refractivity contribution in [3.63, 3.8) is 0 Å². The summed E-state index contributed by atoms with van der Waals surface area (Å²) in [7, 11) is 0. The normalized spacial score (nSPS) is 11.5. The molecule has 0 aromatic carbocycles. The minimum atomic E-state index is -1.90. The van der Waals surface area contributed by atoms with Gasteiger partial charge in [0.15, 0.2) is 91.4 Å². The van der Waals surface area contributed by atoms with Gasteiger partial charge in [0.05, 0.1) is 0 Å². The minimum Gasteiger partial charge on any atom is -0.476 e. The SMILES string of the molecule is O=C(O)c1nc2c(nc1C(=O)O)-c1nc-2nc2[nH]c(nc3nc(nc4[nH]c(n1)c1nc(C(=O)O)c(C(=O)O)nc41)-c1nc(C(=O)O)c(C(=O)O)nc1-3)c1nc(C(=O)O)c(C(=O)O)nc21. The van der Waals surface area contributed by atoms with Crippen molar-refractivity contribution in [2.75, 3.05) is 0 Å². The number of aromatic carboxylic acids is 8. The molecule has 0 aliphatic carbocycles. The van der Waals surface area contributed by atoms with E-state index in [4.69, 9.17) is 0 Å². The number of aromatic nitrogens is 16. The molecule has 64 heavy (non-hydrogen) atoms. The quantitative estimate of drug-likeness (QED) is 0.0929. The molecule has 0 spiro atoms. The number of hydrogen-bond acceptors (Lipinski definition) is 22. The number of rotatable bonds is 8. The van der Waals surface area contributed by atoms with Gasteiger partial charge in [-0.1, -0.05) is 0 Å². The molecule has 0 atom stereocenters. The Morgan fingerprint density at radius 1 is 0.250 bits per heavy atom. The molecule has 10 N–H and O–H groups in total. The highest BCUT2D eigenvalue weighted by atomic mass is 16.4. The number of hydrogen-bond donors (Lipinski definition) is 10. The van der Waals surface area contributed by atoms with Crippen molar-refractivity contribution < 1.29 is 79.2 Å². The molecular weight excluding hydrogens is 864 g/mol. The average molecular weight is 875 g/mol. The largest absolute Gasteiger partial charge is 0.476 e. The van der Waals surface area contributed by atoms with E-state index in [-0.39, 0.29) is 0 Å². The molecule has 2 aliphatic heterocycles. The fourth-order valence-electron chi connectivity index (χ4n) is 6.15. The number of aromatic amines is 2. The summed E-state index contributed by atoms with van der Waals surface area (Å²) in [5, 5.41) is 78.9. The van der Waals surface area contributed by atoms with Crippen LogP contribution >= 0.6 is 0 Å². The fraction of sp³-hybridized carbons (Fsp3) is 0. The lowest BCUT2D eigenvalue weighted by molar-refractivity contribution is 0.0641. The highest BCUT2D eigenvalue weighted by Gasteiger charge is 2.34. The third kappa shape index (κ3) is 5.86. The van der Waals surface area contributed by atoms with Crippen LogP contribution in [0.15, 0.2) is 0 Å². The molecular formula is C32H10N16O16. The van der Waals surface area contributed by atoms with E-state index in [1.54, 1.807) is 0 Å². The molecule has 0 saturated heterocycles. The molecule has 9 heterocycles. The summed E-state index contributed by atoms with van der Waals surface area (Å²) in [5.41, 5.74) is -16.2. The third-order valence-electron chi connectivity index (χ3n) is 8.72. The first-order chi connectivity index (χ1) is 30.3. The highest BCUT2D eigenvalue weighted by Crippen LogP contribution is 2.35. The van der Waals surface area contributed by atoms with Gasteiger partial charge in [0.2, 0.25) is 0 Å². The first-order valence-electron chi connectivity index (χ1n) is 16.7. The Labute approximate surface area is 342 Å². The van der Waals surface area contributed by atoms with Gasteiger partial charge in [-0.3, -0.25) is 0 Å². The number of carboxylic acids is 8. The molecule has 0 radical (unpaired) electrons. The zero-order valence-electron chi connectivity index (χ0n) is 30.1. The van der Waals surface area contributed by atoms with E-state index in [2.05, 4.69) is 79.7 Å². The second kappa shape index (κ2) is 13.5. The monoisotopic (exact) mass is 874 g/mol. The standard InChI is InChI=1S/C32H10N16O16/c49-25(50)9-10(26(51)52)34-2-1(33-9)17-41-18(2)46-20-5-6(38-14(30(59)60)13(37-5)29(57)58)22(43-20)48-24-8-7(39-15(31(61)62)16(40-8)32(63)64)23(44-24)47-21-4-3(19(42-21)45-17)35-11(27(53)54)12(36-4)28(55)56/h(H,49,50)(H,51,52)(H,53,54)(H,55,56)(H,57,58)(H,59,60)(H,61,62)(H,63,64)(H2,41,42,43,44,45,46,47,48). The minimum absolute atomic E-state index is 0.579. The van der Waals surface area contributed by atoms with Gasteiger partial charge in [0.25, 0.3) is 0 Å². The van der Waals surface area contributed by atoms with E-state index in [1.807, 2.05) is 0 Å². The van der Waals surface area contributed by atoms with E-state index >= 15 is 0 Å². The Balaban J connectivity index is 1.55. The van der Waals surface area contributed by atoms with Crippen LogP contribution in [-0.2, 0) is 0 Å². The zero-order valence-corrected chi connectivity index (χ0v) is 30.1. The molecule has 0 saturated carbocycles. The van der Waals surface area contributed by atoms with Crippen molar-refractivity contribution in [2.45, 2.75) is 0 Å². The van der Waals surface area contributed by atoms with E-state index in [1.165, 1.54) is 0 Å². The molecule has 8 bridgehead atoms. The van der Waals surface area contributed by atoms with Crippen molar-refractivity contribution in [3.8, 4) is 46.1 Å². The lowest BCUT2D eigenvalue weighted by atomic mass is 10.2. The highest BCUT2D eigenvalue weighted by molar-refractivity contribution is 6.08. The Kier molecular flexibility index (Phi) is 8.20. The van der Waals surface area contributed by atoms with Gasteiger partial charge in [0.1, 0.15) is 44.8 Å². The Morgan fingerprint density at radius 3 is 0.594 bits per heavy atom. The van der Waals surface area contributed by atoms with Crippen LogP contribution in [0.4, 0.5) is 0 Å². The third-order valence-corrected chi connectivity index (χ3v) is 8.72. The number of carbonyl (C=O) groups is 8. The first kappa shape index (κ1) is 38.9. The van der Waals surface area contributed by atoms with Gasteiger partial charge < -0.3 is 50.8 Å². The predicted octanol–water partition coefficient (Wildman–Crippen LogP) is -0.385. The molecule has 2 aliphatic rings. The van der Waals surface area contributed by atoms with Gasteiger partial charge in [-0.15, -0.1) is 0 Å². The maximum Gasteiger partial charge on any atom is 0.357 e. The van der Waals surface area contributed by atoms with Crippen LogP contribution in [0.25, 0.3) is 90.7 Å². The number of carboxylic acid groups (broad SMARTS) is 8. The second-order valence-corrected chi connectivity index (χ2v) is 12.5. The van der Waals surface area contributed by atoms with Crippen LogP contribution in [0.5, 0.6) is 0 Å². The first-order valence-corrected chi connectivity index (χ1v) is 16.7. The summed E-state index contributed by atoms with van der Waals surface area (Å²) >= 11 is 0. The molecule has 0 amide bonds. The average Bonchev–Trinajstić information content (AvgIpc) is 3.96. The summed E-state index contributed by atoms with van der Waals surface area (Å²) in [6.45, 7) is 0. The van der Waals surface area contributed by atoms with Crippen LogP contribution in [-0.4, -0.2) is 168 Å². The number of nitrogens with zero attached hydrogens (tertiary/aromatic N) is 14. The number of nitrogens with one attached hydrogen (secondary N) is 2. The molecule has 32 heteroatoms. The maximum absolute atomic E-state index is 12.2. The summed E-state index contributed by atoms with van der Waals surface area (Å²) in [6, 6.07) is 0. The second-order valence-electron chi connectivity index (χ2n) is 12.5. The topological polar surface area (TPSA) is 510 Å². The summed E-state index contributed by atoms with van der Waals surface area (Å²) < 4.78 is 0. The van der Waals surface area contributed by atoms with E-state index in [0.717, 1.165) is 0 Å². The van der Waals surface area contributed by atoms with Gasteiger partial charge in [0, 0.05) is 0 Å². The summed E-state index contributed by atoms with van der Waals surface area (Å²) in [4.78, 5) is 159. The van der Waals surface area contributed by atoms with E-state index in [9.17, 15) is 79.2 Å². The van der Waals surface area contributed by atoms with Gasteiger partial charge in [-0.25, -0.2) is 108 Å². The lowest BCUT2D eigenvalue weighted by Gasteiger charge is -2.03. The smallest absolute Gasteiger partial charge is 0.357 e. The van der Waals surface area contributed by atoms with Gasteiger partial charge >= 0.3 is 47.8 Å². The Bertz CT molecular complexity index is 3210. The molecule has 7 aromatic heterocycles. The molecule has 9 rings (SSSR count). The summed E-state index contributed by atoms with van der Waals surface area (Å²) in [6.07, 6.45) is 0. The van der Waals surface area contributed by atoms with E-state index in [0.29, 0.717) is 0 Å². The molecule has 314 valence electrons. The Morgan fingerprint density at radius 2 is 0.422 bits per heavy atom. The van der Waals surface area contributed by atoms with Crippen molar-refractivity contribution in [1.82, 2.24) is 79.7 Å². The fourth-order valence-corrected chi connectivity index (χ4v) is 6.15. The maximum atomic E-state index is 12.2. The predicted molar refractivity (Wildman–Crippen MR) is 194 cm³/mol. The van der Waals surface area contributed by atoms with Crippen molar-refractivity contribution in [2.24, 2.45) is 0 Å². The summed E-state index contributed by atoms with van der Waals surface area (Å²) in [5.74, 6) is -17.9. The van der Waals surface area contributed by atoms with Crippen LogP contribution in [0.1, 0.15) is 83.9 Å². The van der Waals surface area contributed by atoms with Crippen molar-refractivity contribution in [3.05, 3.63) is 45.6 Å². The molecule has 7 aromatic rings. The van der Waals surface area contributed by atoms with Crippen LogP contribution in [0.2, 0.25) is 0 Å². The molecule has 32 nitrogen and oxygen atoms in total. The van der Waals surface area contributed by atoms with Crippen LogP contribution < -0.4 is 0 Å². The van der Waals surface area contributed by atoms with E-state index < -0.39 is 184 Å². The Hall–Kier alpha value is -10.6. The van der Waals surface area contributed by atoms with Gasteiger partial charge in [-0.05, 0) is 0 Å². The van der Waals surface area contributed by atoms with Crippen LogP contribution in [0, 0.1) is 0 Å². The molecule has 0 unspecified atom stereocenters. The number of fused-ring (bicyclic) bond motifs is 20. The van der Waals surface area contributed by atoms with Crippen molar-refractivity contribution >= 4 is 92.4 Å². The van der Waals surface area contributed by atoms with Crippen molar-refractivity contribution in [1.29, 1.82) is 0 Å². The molecule has 0 fully saturated rings. The zero-order chi connectivity index (χ0) is 45.8. The van der Waals surface area contributed by atoms with Crippen LogP contribution in [0.3, 0.4) is 0 Å². The lowest BCUT2D eigenvalue weighted by Crippen LogP contribution is -2.14. The van der Waals surface area contributed by atoms with Gasteiger partial charge in [-0.2, -0.15) is 0 Å². The number of H-pyrrole nitrogens is 2.